The van der Waals surface area contributed by atoms with Crippen molar-refractivity contribution in [2.45, 2.75) is 18.9 Å². The first-order chi connectivity index (χ1) is 12.2. The fraction of sp³-hybridized carbons (Fsp3) is 0.412. The van der Waals surface area contributed by atoms with Crippen LogP contribution in [0.25, 0.3) is 0 Å². The molecule has 25 heavy (non-hydrogen) atoms. The van der Waals surface area contributed by atoms with Crippen molar-refractivity contribution in [1.29, 1.82) is 0 Å². The van der Waals surface area contributed by atoms with E-state index in [1.807, 2.05) is 0 Å². The van der Waals surface area contributed by atoms with Crippen molar-refractivity contribution in [3.8, 4) is 11.8 Å². The smallest absolute Gasteiger partial charge is 0.270 e. The molecule has 0 unspecified atom stereocenters. The fourth-order valence-corrected chi connectivity index (χ4v) is 2.72. The Balaban J connectivity index is 1.59. The van der Waals surface area contributed by atoms with Gasteiger partial charge in [-0.1, -0.05) is 6.07 Å². The second kappa shape index (κ2) is 7.78. The Morgan fingerprint density at radius 2 is 1.84 bits per heavy atom. The van der Waals surface area contributed by atoms with Crippen molar-refractivity contribution in [3.05, 3.63) is 36.2 Å². The summed E-state index contributed by atoms with van der Waals surface area (Å²) in [5.41, 5.74) is 0.436. The number of methoxy groups -OCH3 is 2. The quantitative estimate of drug-likeness (QED) is 0.875. The SMILES string of the molecule is COc1cc(OC)nc(N2CCC(NC(=O)c3ccccn3)CC2)n1. The molecule has 3 rings (SSSR count). The van der Waals surface area contributed by atoms with Crippen LogP contribution in [0, 0.1) is 0 Å². The molecule has 1 amide bonds. The number of rotatable bonds is 5. The number of piperidine rings is 1. The summed E-state index contributed by atoms with van der Waals surface area (Å²) >= 11 is 0. The predicted octanol–water partition coefficient (Wildman–Crippen LogP) is 1.29. The van der Waals surface area contributed by atoms with Crippen LogP contribution in [0.5, 0.6) is 11.8 Å². The summed E-state index contributed by atoms with van der Waals surface area (Å²) < 4.78 is 10.4. The summed E-state index contributed by atoms with van der Waals surface area (Å²) in [5.74, 6) is 1.36. The standard InChI is InChI=1S/C17H21N5O3/c1-24-14-11-15(25-2)21-17(20-14)22-9-6-12(7-10-22)19-16(23)13-5-3-4-8-18-13/h3-5,8,11-12H,6-7,9-10H2,1-2H3,(H,19,23). The number of carbonyl (C=O) groups excluding carboxylic acids is 1. The molecule has 0 radical (unpaired) electrons. The summed E-state index contributed by atoms with van der Waals surface area (Å²) in [6.45, 7) is 1.48. The number of hydrogen-bond donors (Lipinski definition) is 1. The van der Waals surface area contributed by atoms with Gasteiger partial charge in [-0.15, -0.1) is 0 Å². The van der Waals surface area contributed by atoms with Gasteiger partial charge in [0.15, 0.2) is 0 Å². The van der Waals surface area contributed by atoms with Gasteiger partial charge in [-0.05, 0) is 25.0 Å². The molecule has 2 aromatic rings. The number of ether oxygens (including phenoxy) is 2. The maximum absolute atomic E-state index is 12.2. The fourth-order valence-electron chi connectivity index (χ4n) is 2.72. The van der Waals surface area contributed by atoms with Crippen molar-refractivity contribution in [3.63, 3.8) is 0 Å². The van der Waals surface area contributed by atoms with E-state index >= 15 is 0 Å². The Bertz CT molecular complexity index is 695. The van der Waals surface area contributed by atoms with Crippen molar-refractivity contribution >= 4 is 11.9 Å². The highest BCUT2D eigenvalue weighted by atomic mass is 16.5. The molecular formula is C17H21N5O3. The van der Waals surface area contributed by atoms with Gasteiger partial charge in [-0.3, -0.25) is 9.78 Å². The van der Waals surface area contributed by atoms with Crippen LogP contribution in [0.2, 0.25) is 0 Å². The zero-order chi connectivity index (χ0) is 17.6. The maximum atomic E-state index is 12.2. The number of aromatic nitrogens is 3. The molecule has 0 atom stereocenters. The molecular weight excluding hydrogens is 322 g/mol. The summed E-state index contributed by atoms with van der Waals surface area (Å²) in [4.78, 5) is 27.1. The van der Waals surface area contributed by atoms with Gasteiger partial charge in [0, 0.05) is 25.3 Å². The predicted molar refractivity (Wildman–Crippen MR) is 92.1 cm³/mol. The second-order valence-electron chi connectivity index (χ2n) is 5.70. The van der Waals surface area contributed by atoms with Crippen LogP contribution in [-0.2, 0) is 0 Å². The van der Waals surface area contributed by atoms with Crippen LogP contribution in [0.3, 0.4) is 0 Å². The minimum absolute atomic E-state index is 0.109. The first-order valence-corrected chi connectivity index (χ1v) is 8.13. The highest BCUT2D eigenvalue weighted by Gasteiger charge is 2.23. The van der Waals surface area contributed by atoms with Crippen LogP contribution >= 0.6 is 0 Å². The largest absolute Gasteiger partial charge is 0.481 e. The van der Waals surface area contributed by atoms with Crippen molar-refractivity contribution in [2.24, 2.45) is 0 Å². The third-order valence-corrected chi connectivity index (χ3v) is 4.10. The highest BCUT2D eigenvalue weighted by molar-refractivity contribution is 5.92. The number of nitrogens with zero attached hydrogens (tertiary/aromatic N) is 4. The van der Waals surface area contributed by atoms with Gasteiger partial charge in [0.05, 0.1) is 20.3 Å². The van der Waals surface area contributed by atoms with E-state index in [2.05, 4.69) is 25.2 Å². The Hall–Kier alpha value is -2.90. The van der Waals surface area contributed by atoms with E-state index in [-0.39, 0.29) is 11.9 Å². The maximum Gasteiger partial charge on any atom is 0.270 e. The number of amides is 1. The summed E-state index contributed by atoms with van der Waals surface area (Å²) in [6, 6.07) is 7.05. The van der Waals surface area contributed by atoms with E-state index in [1.54, 1.807) is 44.7 Å². The number of nitrogens with one attached hydrogen (secondary N) is 1. The molecule has 1 fully saturated rings. The van der Waals surface area contributed by atoms with Crippen molar-refractivity contribution in [1.82, 2.24) is 20.3 Å². The van der Waals surface area contributed by atoms with E-state index in [9.17, 15) is 4.79 Å². The zero-order valence-electron chi connectivity index (χ0n) is 14.3. The monoisotopic (exact) mass is 343 g/mol. The zero-order valence-corrected chi connectivity index (χ0v) is 14.3. The molecule has 1 aliphatic rings. The van der Waals surface area contributed by atoms with E-state index in [0.717, 1.165) is 25.9 Å². The molecule has 2 aromatic heterocycles. The van der Waals surface area contributed by atoms with Crippen molar-refractivity contribution in [2.75, 3.05) is 32.2 Å². The molecule has 0 bridgehead atoms. The van der Waals surface area contributed by atoms with Gasteiger partial charge in [0.1, 0.15) is 5.69 Å². The van der Waals surface area contributed by atoms with Crippen LogP contribution in [0.4, 0.5) is 5.95 Å². The minimum Gasteiger partial charge on any atom is -0.481 e. The van der Waals surface area contributed by atoms with E-state index in [4.69, 9.17) is 9.47 Å². The first kappa shape index (κ1) is 16.9. The van der Waals surface area contributed by atoms with Gasteiger partial charge in [-0.2, -0.15) is 9.97 Å². The van der Waals surface area contributed by atoms with Crippen molar-refractivity contribution < 1.29 is 14.3 Å². The first-order valence-electron chi connectivity index (χ1n) is 8.13. The Morgan fingerprint density at radius 1 is 1.16 bits per heavy atom. The molecule has 132 valence electrons. The Morgan fingerprint density at radius 3 is 2.40 bits per heavy atom. The molecule has 0 aliphatic carbocycles. The van der Waals surface area contributed by atoms with Crippen LogP contribution in [0.1, 0.15) is 23.3 Å². The molecule has 8 heteroatoms. The number of carbonyl (C=O) groups is 1. The number of hydrogen-bond acceptors (Lipinski definition) is 7. The molecule has 0 aromatic carbocycles. The lowest BCUT2D eigenvalue weighted by Crippen LogP contribution is -2.45. The van der Waals surface area contributed by atoms with Crippen LogP contribution in [0.15, 0.2) is 30.5 Å². The topological polar surface area (TPSA) is 89.5 Å². The van der Waals surface area contributed by atoms with Gasteiger partial charge in [0.2, 0.25) is 17.7 Å². The van der Waals surface area contributed by atoms with Gasteiger partial charge < -0.3 is 19.7 Å². The summed E-state index contributed by atoms with van der Waals surface area (Å²) in [5, 5.41) is 3.03. The lowest BCUT2D eigenvalue weighted by molar-refractivity contribution is 0.0926. The second-order valence-corrected chi connectivity index (χ2v) is 5.70. The average molecular weight is 343 g/mol. The lowest BCUT2D eigenvalue weighted by Gasteiger charge is -2.32. The van der Waals surface area contributed by atoms with Crippen LogP contribution < -0.4 is 19.7 Å². The van der Waals surface area contributed by atoms with Gasteiger partial charge in [0.25, 0.3) is 5.91 Å². The third-order valence-electron chi connectivity index (χ3n) is 4.10. The number of pyridine rings is 1. The molecule has 8 nitrogen and oxygen atoms in total. The highest BCUT2D eigenvalue weighted by Crippen LogP contribution is 2.22. The summed E-state index contributed by atoms with van der Waals surface area (Å²) in [7, 11) is 3.12. The minimum atomic E-state index is -0.140. The molecule has 1 aliphatic heterocycles. The van der Waals surface area contributed by atoms with Gasteiger partial charge in [-0.25, -0.2) is 0 Å². The lowest BCUT2D eigenvalue weighted by atomic mass is 10.1. The average Bonchev–Trinajstić information content (AvgIpc) is 2.68. The van der Waals surface area contributed by atoms with E-state index in [1.165, 1.54) is 0 Å². The van der Waals surface area contributed by atoms with E-state index in [0.29, 0.717) is 23.4 Å². The van der Waals surface area contributed by atoms with Crippen LogP contribution in [-0.4, -0.2) is 54.2 Å². The molecule has 3 heterocycles. The Labute approximate surface area is 146 Å². The molecule has 1 N–H and O–H groups in total. The van der Waals surface area contributed by atoms with E-state index < -0.39 is 0 Å². The molecule has 0 spiro atoms. The third kappa shape index (κ3) is 4.14. The normalized spacial score (nSPS) is 14.9. The summed E-state index contributed by atoms with van der Waals surface area (Å²) in [6.07, 6.45) is 3.23. The molecule has 0 saturated carbocycles. The molecule has 1 saturated heterocycles. The number of anilines is 1. The Kier molecular flexibility index (Phi) is 5.27. The van der Waals surface area contributed by atoms with Gasteiger partial charge >= 0.3 is 0 Å².